The van der Waals surface area contributed by atoms with Crippen molar-refractivity contribution in [2.24, 2.45) is 0 Å². The molecule has 0 atom stereocenters. The van der Waals surface area contributed by atoms with E-state index in [1.807, 2.05) is 12.1 Å². The summed E-state index contributed by atoms with van der Waals surface area (Å²) >= 11 is 1.30. The average molecular weight is 327 g/mol. The van der Waals surface area contributed by atoms with Crippen molar-refractivity contribution >= 4 is 29.1 Å². The molecule has 0 fully saturated rings. The number of Topliss-reactive ketones (excluding diaryl/α,β-unsaturated/α-hetero) is 1. The SMILES string of the molecule is CCC(=O)N(/C=C1\Sc2ccccc2C1=O)c1ccccc1F. The Morgan fingerprint density at radius 1 is 1.17 bits per heavy atom. The van der Waals surface area contributed by atoms with Gasteiger partial charge in [0.15, 0.2) is 0 Å². The molecule has 0 radical (unpaired) electrons. The zero-order chi connectivity index (χ0) is 16.4. The maximum Gasteiger partial charge on any atom is 0.230 e. The summed E-state index contributed by atoms with van der Waals surface area (Å²) in [4.78, 5) is 27.1. The smallest absolute Gasteiger partial charge is 0.230 e. The average Bonchev–Trinajstić information content (AvgIpc) is 2.89. The van der Waals surface area contributed by atoms with Gasteiger partial charge < -0.3 is 0 Å². The first-order valence-electron chi connectivity index (χ1n) is 7.21. The van der Waals surface area contributed by atoms with Crippen LogP contribution in [-0.2, 0) is 4.79 Å². The van der Waals surface area contributed by atoms with Gasteiger partial charge in [-0.05, 0) is 24.3 Å². The van der Waals surface area contributed by atoms with E-state index in [0.29, 0.717) is 10.5 Å². The molecule has 23 heavy (non-hydrogen) atoms. The number of rotatable bonds is 3. The fraction of sp³-hybridized carbons (Fsp3) is 0.111. The first-order chi connectivity index (χ1) is 11.1. The predicted octanol–water partition coefficient (Wildman–Crippen LogP) is 4.40. The molecule has 3 rings (SSSR count). The molecule has 0 saturated heterocycles. The van der Waals surface area contributed by atoms with Crippen LogP contribution in [0.5, 0.6) is 0 Å². The number of amides is 1. The molecule has 1 aliphatic rings. The van der Waals surface area contributed by atoms with Gasteiger partial charge in [0, 0.05) is 23.1 Å². The standard InChI is InChI=1S/C18H14FNO2S/c1-2-17(21)20(14-9-5-4-8-13(14)19)11-16-18(22)12-7-3-6-10-15(12)23-16/h3-11H,2H2,1H3/b16-11-. The van der Waals surface area contributed by atoms with E-state index in [-0.39, 0.29) is 23.8 Å². The summed E-state index contributed by atoms with van der Waals surface area (Å²) in [5.74, 6) is -0.915. The molecular formula is C18H14FNO2S. The van der Waals surface area contributed by atoms with Crippen molar-refractivity contribution in [1.82, 2.24) is 0 Å². The van der Waals surface area contributed by atoms with Crippen LogP contribution in [0.3, 0.4) is 0 Å². The van der Waals surface area contributed by atoms with Crippen molar-refractivity contribution < 1.29 is 14.0 Å². The van der Waals surface area contributed by atoms with E-state index in [9.17, 15) is 14.0 Å². The maximum atomic E-state index is 14.1. The van der Waals surface area contributed by atoms with Crippen molar-refractivity contribution in [3.05, 3.63) is 71.0 Å². The summed E-state index contributed by atoms with van der Waals surface area (Å²) in [7, 11) is 0. The number of carbonyl (C=O) groups excluding carboxylic acids is 2. The first kappa shape index (κ1) is 15.5. The lowest BCUT2D eigenvalue weighted by Crippen LogP contribution is -2.26. The Kier molecular flexibility index (Phi) is 4.30. The number of nitrogens with zero attached hydrogens (tertiary/aromatic N) is 1. The Hall–Kier alpha value is -2.40. The van der Waals surface area contributed by atoms with Crippen LogP contribution in [0.25, 0.3) is 0 Å². The van der Waals surface area contributed by atoms with Gasteiger partial charge in [0.25, 0.3) is 0 Å². The highest BCUT2D eigenvalue weighted by Crippen LogP contribution is 2.40. The van der Waals surface area contributed by atoms with E-state index in [2.05, 4.69) is 0 Å². The third-order valence-corrected chi connectivity index (χ3v) is 4.59. The zero-order valence-corrected chi connectivity index (χ0v) is 13.3. The lowest BCUT2D eigenvalue weighted by molar-refractivity contribution is -0.117. The van der Waals surface area contributed by atoms with Crippen molar-refractivity contribution in [3.8, 4) is 0 Å². The number of fused-ring (bicyclic) bond motifs is 1. The van der Waals surface area contributed by atoms with Gasteiger partial charge in [0.05, 0.1) is 10.6 Å². The predicted molar refractivity (Wildman–Crippen MR) is 88.9 cm³/mol. The molecule has 2 aromatic rings. The highest BCUT2D eigenvalue weighted by molar-refractivity contribution is 8.04. The fourth-order valence-electron chi connectivity index (χ4n) is 2.34. The largest absolute Gasteiger partial charge is 0.288 e. The van der Waals surface area contributed by atoms with Gasteiger partial charge in [0.1, 0.15) is 5.82 Å². The van der Waals surface area contributed by atoms with Crippen LogP contribution in [0.2, 0.25) is 0 Å². The number of benzene rings is 2. The molecule has 0 aliphatic carbocycles. The Bertz CT molecular complexity index is 816. The summed E-state index contributed by atoms with van der Waals surface area (Å²) in [5.41, 5.74) is 0.761. The highest BCUT2D eigenvalue weighted by atomic mass is 32.2. The van der Waals surface area contributed by atoms with Gasteiger partial charge >= 0.3 is 0 Å². The number of thioether (sulfide) groups is 1. The van der Waals surface area contributed by atoms with Gasteiger partial charge in [0.2, 0.25) is 11.7 Å². The van der Waals surface area contributed by atoms with Crippen molar-refractivity contribution in [2.45, 2.75) is 18.2 Å². The first-order valence-corrected chi connectivity index (χ1v) is 8.03. The van der Waals surface area contributed by atoms with E-state index in [0.717, 1.165) is 4.90 Å². The Balaban J connectivity index is 2.02. The van der Waals surface area contributed by atoms with Crippen LogP contribution in [0.1, 0.15) is 23.7 Å². The van der Waals surface area contributed by atoms with Crippen LogP contribution >= 0.6 is 11.8 Å². The minimum absolute atomic E-state index is 0.143. The zero-order valence-electron chi connectivity index (χ0n) is 12.5. The second-order valence-corrected chi connectivity index (χ2v) is 6.07. The molecule has 2 aromatic carbocycles. The Morgan fingerprint density at radius 3 is 2.57 bits per heavy atom. The molecular weight excluding hydrogens is 313 g/mol. The number of halogens is 1. The molecule has 1 heterocycles. The van der Waals surface area contributed by atoms with Crippen LogP contribution < -0.4 is 4.90 Å². The number of allylic oxidation sites excluding steroid dienone is 1. The van der Waals surface area contributed by atoms with E-state index in [1.54, 1.807) is 31.2 Å². The summed E-state index contributed by atoms with van der Waals surface area (Å²) < 4.78 is 14.1. The number of anilines is 1. The number of hydrogen-bond donors (Lipinski definition) is 0. The van der Waals surface area contributed by atoms with Crippen LogP contribution in [0.4, 0.5) is 10.1 Å². The second-order valence-electron chi connectivity index (χ2n) is 4.99. The minimum atomic E-state index is -0.501. The molecule has 0 bridgehead atoms. The third-order valence-electron chi connectivity index (χ3n) is 3.50. The molecule has 1 amide bonds. The van der Waals surface area contributed by atoms with Crippen molar-refractivity contribution in [1.29, 1.82) is 0 Å². The number of para-hydroxylation sites is 1. The molecule has 1 aliphatic heterocycles. The van der Waals surface area contributed by atoms with Gasteiger partial charge in [-0.15, -0.1) is 0 Å². The molecule has 0 spiro atoms. The fourth-order valence-corrected chi connectivity index (χ4v) is 3.35. The number of hydrogen-bond acceptors (Lipinski definition) is 3. The lowest BCUT2D eigenvalue weighted by atomic mass is 10.1. The quantitative estimate of drug-likeness (QED) is 0.784. The van der Waals surface area contributed by atoms with E-state index in [1.165, 1.54) is 35.0 Å². The van der Waals surface area contributed by atoms with E-state index >= 15 is 0 Å². The number of ketones is 1. The van der Waals surface area contributed by atoms with Gasteiger partial charge in [-0.25, -0.2) is 4.39 Å². The van der Waals surface area contributed by atoms with Crippen LogP contribution in [0, 0.1) is 5.82 Å². The van der Waals surface area contributed by atoms with Crippen LogP contribution in [-0.4, -0.2) is 11.7 Å². The van der Waals surface area contributed by atoms with Crippen molar-refractivity contribution in [2.75, 3.05) is 4.90 Å². The van der Waals surface area contributed by atoms with Gasteiger partial charge in [-0.2, -0.15) is 0 Å². The van der Waals surface area contributed by atoms with Gasteiger partial charge in [-0.3, -0.25) is 14.5 Å². The lowest BCUT2D eigenvalue weighted by Gasteiger charge is -2.19. The van der Waals surface area contributed by atoms with E-state index < -0.39 is 5.82 Å². The Morgan fingerprint density at radius 2 is 1.87 bits per heavy atom. The van der Waals surface area contributed by atoms with Gasteiger partial charge in [-0.1, -0.05) is 43.0 Å². The normalized spacial score (nSPS) is 14.9. The second kappa shape index (κ2) is 6.38. The molecule has 0 saturated carbocycles. The molecule has 5 heteroatoms. The summed E-state index contributed by atoms with van der Waals surface area (Å²) in [6.07, 6.45) is 1.65. The van der Waals surface area contributed by atoms with Crippen LogP contribution in [0.15, 0.2) is 64.5 Å². The maximum absolute atomic E-state index is 14.1. The van der Waals surface area contributed by atoms with Crippen molar-refractivity contribution in [3.63, 3.8) is 0 Å². The summed E-state index contributed by atoms with van der Waals surface area (Å²) in [6, 6.07) is 13.3. The Labute approximate surface area is 137 Å². The molecule has 0 aromatic heterocycles. The monoisotopic (exact) mass is 327 g/mol. The topological polar surface area (TPSA) is 37.4 Å². The highest BCUT2D eigenvalue weighted by Gasteiger charge is 2.27. The molecule has 0 unspecified atom stereocenters. The number of carbonyl (C=O) groups is 2. The summed E-state index contributed by atoms with van der Waals surface area (Å²) in [6.45, 7) is 1.70. The molecule has 0 N–H and O–H groups in total. The van der Waals surface area contributed by atoms with E-state index in [4.69, 9.17) is 0 Å². The summed E-state index contributed by atoms with van der Waals surface area (Å²) in [5, 5.41) is 0. The minimum Gasteiger partial charge on any atom is -0.288 e. The molecule has 3 nitrogen and oxygen atoms in total. The molecule has 116 valence electrons. The third kappa shape index (κ3) is 2.92.